The van der Waals surface area contributed by atoms with Crippen molar-refractivity contribution >= 4 is 29.1 Å². The van der Waals surface area contributed by atoms with Crippen molar-refractivity contribution in [1.29, 1.82) is 0 Å². The zero-order chi connectivity index (χ0) is 23.5. The van der Waals surface area contributed by atoms with Gasteiger partial charge in [-0.2, -0.15) is 0 Å². The van der Waals surface area contributed by atoms with Crippen molar-refractivity contribution in [3.05, 3.63) is 94.3 Å². The SMILES string of the molecule is COc1ccc(C([O-])=C2C(=O)C(=O)N(Cc3ccc[nH+]c3)C2c2ccc(Cl)cc2)cc1OC. The third-order valence-electron chi connectivity index (χ3n) is 5.49. The number of methoxy groups -OCH3 is 2. The van der Waals surface area contributed by atoms with E-state index in [2.05, 4.69) is 4.98 Å². The van der Waals surface area contributed by atoms with Crippen molar-refractivity contribution < 1.29 is 29.2 Å². The number of carbonyl (C=O) groups excluding carboxylic acids is 2. The van der Waals surface area contributed by atoms with Gasteiger partial charge in [-0.25, -0.2) is 4.98 Å². The van der Waals surface area contributed by atoms with Crippen LogP contribution in [0.5, 0.6) is 11.5 Å². The fraction of sp³-hybridized carbons (Fsp3) is 0.160. The summed E-state index contributed by atoms with van der Waals surface area (Å²) < 4.78 is 10.5. The molecule has 1 saturated heterocycles. The number of ether oxygens (including phenoxy) is 2. The Labute approximate surface area is 195 Å². The van der Waals surface area contributed by atoms with Gasteiger partial charge in [0.05, 0.1) is 26.8 Å². The van der Waals surface area contributed by atoms with Crippen LogP contribution in [-0.2, 0) is 16.1 Å². The van der Waals surface area contributed by atoms with Crippen LogP contribution >= 0.6 is 11.6 Å². The highest BCUT2D eigenvalue weighted by Crippen LogP contribution is 2.40. The molecule has 1 amide bonds. The fourth-order valence-electron chi connectivity index (χ4n) is 3.88. The first-order valence-electron chi connectivity index (χ1n) is 10.1. The molecule has 8 heteroatoms. The average Bonchev–Trinajstić information content (AvgIpc) is 3.09. The molecule has 0 spiro atoms. The number of rotatable bonds is 6. The number of nitrogens with one attached hydrogen (secondary N) is 1. The molecule has 1 fully saturated rings. The quantitative estimate of drug-likeness (QED) is 0.317. The van der Waals surface area contributed by atoms with E-state index in [0.29, 0.717) is 22.1 Å². The lowest BCUT2D eigenvalue weighted by Gasteiger charge is -2.27. The fourth-order valence-corrected chi connectivity index (χ4v) is 4.01. The summed E-state index contributed by atoms with van der Waals surface area (Å²) in [5.41, 5.74) is 1.51. The Morgan fingerprint density at radius 1 is 1.06 bits per heavy atom. The Balaban J connectivity index is 1.86. The Morgan fingerprint density at radius 3 is 2.42 bits per heavy atom. The second-order valence-corrected chi connectivity index (χ2v) is 7.88. The van der Waals surface area contributed by atoms with Crippen LogP contribution in [0.4, 0.5) is 0 Å². The standard InChI is InChI=1S/C25H21ClN2O5/c1-32-19-10-7-17(12-20(19)33-2)23(29)21-22(16-5-8-18(26)9-6-16)28(25(31)24(21)30)14-15-4-3-11-27-13-15/h3-13,22,29H,14H2,1-2H3. The lowest BCUT2D eigenvalue weighted by molar-refractivity contribution is -0.378. The summed E-state index contributed by atoms with van der Waals surface area (Å²) in [4.78, 5) is 30.5. The van der Waals surface area contributed by atoms with Gasteiger partial charge in [0.25, 0.3) is 5.91 Å². The number of Topliss-reactive ketones (excluding diaryl/α,β-unsaturated/α-hetero) is 1. The van der Waals surface area contributed by atoms with Crippen LogP contribution in [0.2, 0.25) is 5.02 Å². The van der Waals surface area contributed by atoms with Gasteiger partial charge in [0, 0.05) is 22.2 Å². The highest BCUT2D eigenvalue weighted by molar-refractivity contribution is 6.46. The molecule has 1 N–H and O–H groups in total. The van der Waals surface area contributed by atoms with Gasteiger partial charge in [-0.15, -0.1) is 0 Å². The van der Waals surface area contributed by atoms with Crippen molar-refractivity contribution in [2.45, 2.75) is 12.6 Å². The second-order valence-electron chi connectivity index (χ2n) is 7.44. The number of carbonyl (C=O) groups is 2. The van der Waals surface area contributed by atoms with E-state index in [1.807, 2.05) is 6.07 Å². The zero-order valence-electron chi connectivity index (χ0n) is 18.0. The number of aromatic nitrogens is 1. The maximum Gasteiger partial charge on any atom is 0.295 e. The van der Waals surface area contributed by atoms with Gasteiger partial charge in [-0.05, 0) is 41.5 Å². The molecule has 2 aromatic carbocycles. The summed E-state index contributed by atoms with van der Waals surface area (Å²) in [6, 6.07) is 14.2. The van der Waals surface area contributed by atoms with Crippen LogP contribution in [0.3, 0.4) is 0 Å². The molecule has 3 aromatic rings. The van der Waals surface area contributed by atoms with Gasteiger partial charge >= 0.3 is 0 Å². The van der Waals surface area contributed by atoms with E-state index >= 15 is 0 Å². The summed E-state index contributed by atoms with van der Waals surface area (Å²) in [7, 11) is 2.95. The van der Waals surface area contributed by atoms with Crippen molar-refractivity contribution in [3.8, 4) is 11.5 Å². The molecule has 0 saturated carbocycles. The van der Waals surface area contributed by atoms with Crippen molar-refractivity contribution in [2.75, 3.05) is 14.2 Å². The van der Waals surface area contributed by atoms with E-state index < -0.39 is 23.5 Å². The minimum Gasteiger partial charge on any atom is -0.872 e. The highest BCUT2D eigenvalue weighted by atomic mass is 35.5. The minimum atomic E-state index is -0.858. The van der Waals surface area contributed by atoms with E-state index in [-0.39, 0.29) is 17.7 Å². The number of hydrogen-bond donors (Lipinski definition) is 0. The largest absolute Gasteiger partial charge is 0.872 e. The van der Waals surface area contributed by atoms with Crippen LogP contribution in [-0.4, -0.2) is 30.8 Å². The highest BCUT2D eigenvalue weighted by Gasteiger charge is 2.44. The predicted octanol–water partition coefficient (Wildman–Crippen LogP) is 2.60. The van der Waals surface area contributed by atoms with Crippen molar-refractivity contribution in [3.63, 3.8) is 0 Å². The lowest BCUT2D eigenvalue weighted by atomic mass is 9.95. The molecule has 168 valence electrons. The van der Waals surface area contributed by atoms with Gasteiger partial charge in [0.2, 0.25) is 5.78 Å². The van der Waals surface area contributed by atoms with Gasteiger partial charge in [-0.3, -0.25) is 9.59 Å². The zero-order valence-corrected chi connectivity index (χ0v) is 18.8. The molecule has 7 nitrogen and oxygen atoms in total. The molecule has 1 aromatic heterocycles. The Morgan fingerprint density at radius 2 is 1.79 bits per heavy atom. The number of nitrogens with zero attached hydrogens (tertiary/aromatic N) is 1. The minimum absolute atomic E-state index is 0.116. The number of ketones is 1. The van der Waals surface area contributed by atoms with Crippen molar-refractivity contribution in [2.24, 2.45) is 0 Å². The number of amides is 1. The van der Waals surface area contributed by atoms with Crippen LogP contribution in [0.25, 0.3) is 5.76 Å². The molecular formula is C25H21ClN2O5. The first kappa shape index (κ1) is 22.4. The van der Waals surface area contributed by atoms with E-state index in [1.54, 1.807) is 54.9 Å². The molecule has 0 bridgehead atoms. The van der Waals surface area contributed by atoms with Crippen molar-refractivity contribution in [1.82, 2.24) is 4.90 Å². The van der Waals surface area contributed by atoms with Crippen LogP contribution < -0.4 is 19.6 Å². The molecular weight excluding hydrogens is 444 g/mol. The summed E-state index contributed by atoms with van der Waals surface area (Å²) in [6.07, 6.45) is 3.49. The van der Waals surface area contributed by atoms with Gasteiger partial charge in [0.15, 0.2) is 23.9 Å². The topological polar surface area (TPSA) is 93.0 Å². The van der Waals surface area contributed by atoms with Gasteiger partial charge in [-0.1, -0.05) is 35.6 Å². The molecule has 1 aliphatic rings. The van der Waals surface area contributed by atoms with E-state index in [1.165, 1.54) is 25.2 Å². The average molecular weight is 465 g/mol. The monoisotopic (exact) mass is 464 g/mol. The van der Waals surface area contributed by atoms with E-state index in [0.717, 1.165) is 5.56 Å². The number of benzene rings is 2. The van der Waals surface area contributed by atoms with Crippen LogP contribution in [0, 0.1) is 0 Å². The van der Waals surface area contributed by atoms with E-state index in [9.17, 15) is 14.7 Å². The first-order valence-corrected chi connectivity index (χ1v) is 10.5. The lowest BCUT2D eigenvalue weighted by Crippen LogP contribution is -2.29. The molecule has 0 aliphatic carbocycles. The van der Waals surface area contributed by atoms with Crippen LogP contribution in [0.15, 0.2) is 72.6 Å². The summed E-state index contributed by atoms with van der Waals surface area (Å²) in [5.74, 6) is -1.31. The molecule has 1 atom stereocenters. The third kappa shape index (κ3) is 4.27. The summed E-state index contributed by atoms with van der Waals surface area (Å²) in [6.45, 7) is 0.151. The number of hydrogen-bond acceptors (Lipinski definition) is 5. The molecule has 33 heavy (non-hydrogen) atoms. The Kier molecular flexibility index (Phi) is 6.33. The smallest absolute Gasteiger partial charge is 0.295 e. The summed E-state index contributed by atoms with van der Waals surface area (Å²) in [5, 5.41) is 14.1. The second kappa shape index (κ2) is 9.34. The maximum absolute atomic E-state index is 13.6. The Hall–Kier alpha value is -3.84. The van der Waals surface area contributed by atoms with Gasteiger partial charge in [0.1, 0.15) is 0 Å². The molecule has 2 heterocycles. The number of H-pyrrole nitrogens is 1. The summed E-state index contributed by atoms with van der Waals surface area (Å²) >= 11 is 6.05. The number of likely N-dealkylation sites (tertiary alicyclic amines) is 1. The Bertz CT molecular complexity index is 1230. The number of halogens is 1. The number of pyridine rings is 1. The molecule has 1 aliphatic heterocycles. The van der Waals surface area contributed by atoms with Crippen LogP contribution in [0.1, 0.15) is 22.7 Å². The molecule has 4 rings (SSSR count). The van der Waals surface area contributed by atoms with E-state index in [4.69, 9.17) is 21.1 Å². The predicted molar refractivity (Wildman–Crippen MR) is 119 cm³/mol. The normalized spacial score (nSPS) is 17.3. The first-order chi connectivity index (χ1) is 15.9. The van der Waals surface area contributed by atoms with Gasteiger partial charge < -0.3 is 19.5 Å². The molecule has 0 radical (unpaired) electrons. The number of aromatic amines is 1. The third-order valence-corrected chi connectivity index (χ3v) is 5.74. The molecule has 1 unspecified atom stereocenters. The maximum atomic E-state index is 13.6.